The molecule has 1 aliphatic carbocycles. The van der Waals surface area contributed by atoms with Crippen LogP contribution >= 0.6 is 113 Å². The third-order valence-electron chi connectivity index (χ3n) is 5.11. The van der Waals surface area contributed by atoms with E-state index < -0.39 is 10.1 Å². The molecule has 0 aromatic heterocycles. The Bertz CT molecular complexity index is 1010. The summed E-state index contributed by atoms with van der Waals surface area (Å²) in [4.78, 5) is -0.0565. The Morgan fingerprint density at radius 3 is 1.68 bits per heavy atom. The maximum Gasteiger partial charge on any atom is 0.296 e. The van der Waals surface area contributed by atoms with Gasteiger partial charge in [0, 0.05) is 10.7 Å². The number of ether oxygens (including phenoxy) is 2. The standard InChI is InChI=1S/C20H19I5O5S/c21-13-5-15(22)19(16(23)6-13)30-10-12-3-1-11(2-4-12)9-29-14-7-17(24)20(18(25)8-14)31(26,27)28/h5-8,11-12H,1-4,9-10H2,(H,26,27,28). The van der Waals surface area contributed by atoms with Crippen LogP contribution in [0.1, 0.15) is 25.7 Å². The minimum atomic E-state index is -4.24. The predicted molar refractivity (Wildman–Crippen MR) is 163 cm³/mol. The fourth-order valence-electron chi connectivity index (χ4n) is 3.51. The van der Waals surface area contributed by atoms with Gasteiger partial charge in [0.25, 0.3) is 10.1 Å². The maximum absolute atomic E-state index is 11.5. The highest BCUT2D eigenvalue weighted by atomic mass is 127. The van der Waals surface area contributed by atoms with E-state index in [0.717, 1.165) is 45.2 Å². The average molecular weight is 1010 g/mol. The number of rotatable bonds is 7. The summed E-state index contributed by atoms with van der Waals surface area (Å²) in [5.41, 5.74) is 0. The zero-order valence-electron chi connectivity index (χ0n) is 16.1. The van der Waals surface area contributed by atoms with E-state index in [0.29, 0.717) is 31.3 Å². The van der Waals surface area contributed by atoms with Crippen LogP contribution in [0.4, 0.5) is 0 Å². The van der Waals surface area contributed by atoms with Crippen LogP contribution in [0.15, 0.2) is 29.2 Å². The molecule has 5 nitrogen and oxygen atoms in total. The molecule has 170 valence electrons. The van der Waals surface area contributed by atoms with Crippen molar-refractivity contribution < 1.29 is 22.4 Å². The van der Waals surface area contributed by atoms with E-state index >= 15 is 0 Å². The number of benzene rings is 2. The number of halogens is 5. The van der Waals surface area contributed by atoms with Gasteiger partial charge in [0.2, 0.25) is 0 Å². The third kappa shape index (κ3) is 7.79. The van der Waals surface area contributed by atoms with E-state index in [4.69, 9.17) is 9.47 Å². The lowest BCUT2D eigenvalue weighted by Crippen LogP contribution is -2.24. The molecule has 0 atom stereocenters. The van der Waals surface area contributed by atoms with Crippen LogP contribution in [0.3, 0.4) is 0 Å². The number of hydrogen-bond acceptors (Lipinski definition) is 4. The molecule has 0 bridgehead atoms. The molecule has 0 unspecified atom stereocenters. The van der Waals surface area contributed by atoms with Crippen molar-refractivity contribution in [3.05, 3.63) is 42.1 Å². The van der Waals surface area contributed by atoms with Gasteiger partial charge < -0.3 is 9.47 Å². The van der Waals surface area contributed by atoms with Crippen LogP contribution in [0, 0.1) is 29.7 Å². The van der Waals surface area contributed by atoms with Crippen LogP contribution in [-0.2, 0) is 10.1 Å². The van der Waals surface area contributed by atoms with Crippen molar-refractivity contribution in [1.29, 1.82) is 0 Å². The second-order valence-corrected chi connectivity index (χ2v) is 14.7. The average Bonchev–Trinajstić information content (AvgIpc) is 2.64. The Morgan fingerprint density at radius 1 is 0.774 bits per heavy atom. The molecule has 0 aliphatic heterocycles. The Morgan fingerprint density at radius 2 is 1.23 bits per heavy atom. The first kappa shape index (κ1) is 27.2. The lowest BCUT2D eigenvalue weighted by molar-refractivity contribution is 0.147. The van der Waals surface area contributed by atoms with Gasteiger partial charge in [-0.2, -0.15) is 8.42 Å². The highest BCUT2D eigenvalue weighted by Crippen LogP contribution is 2.34. The fraction of sp³-hybridized carbons (Fsp3) is 0.400. The first-order chi connectivity index (χ1) is 14.5. The molecule has 0 amide bonds. The van der Waals surface area contributed by atoms with E-state index in [1.807, 2.05) is 45.2 Å². The van der Waals surface area contributed by atoms with Gasteiger partial charge in [-0.15, -0.1) is 0 Å². The van der Waals surface area contributed by atoms with Gasteiger partial charge in [0.15, 0.2) is 0 Å². The lowest BCUT2D eigenvalue weighted by Gasteiger charge is -2.28. The molecule has 3 rings (SSSR count). The fourth-order valence-corrected chi connectivity index (χ4v) is 11.4. The molecule has 31 heavy (non-hydrogen) atoms. The smallest absolute Gasteiger partial charge is 0.296 e. The highest BCUT2D eigenvalue weighted by molar-refractivity contribution is 14.1. The summed E-state index contributed by atoms with van der Waals surface area (Å²) in [6, 6.07) is 7.60. The van der Waals surface area contributed by atoms with E-state index in [9.17, 15) is 13.0 Å². The summed E-state index contributed by atoms with van der Waals surface area (Å²) in [7, 11) is -4.24. The van der Waals surface area contributed by atoms with Crippen molar-refractivity contribution in [2.24, 2.45) is 11.8 Å². The molecule has 0 spiro atoms. The Kier molecular flexibility index (Phi) is 10.5. The van der Waals surface area contributed by atoms with Gasteiger partial charge in [0.05, 0.1) is 20.4 Å². The largest absolute Gasteiger partial charge is 0.493 e. The zero-order valence-corrected chi connectivity index (χ0v) is 27.7. The summed E-state index contributed by atoms with van der Waals surface area (Å²) in [6.07, 6.45) is 4.41. The molecular weight excluding hydrogens is 987 g/mol. The van der Waals surface area contributed by atoms with Gasteiger partial charge in [-0.05, 0) is 175 Å². The van der Waals surface area contributed by atoms with Crippen LogP contribution in [0.25, 0.3) is 0 Å². The summed E-state index contributed by atoms with van der Waals surface area (Å²) in [6.45, 7) is 1.35. The van der Waals surface area contributed by atoms with Gasteiger partial charge in [-0.3, -0.25) is 4.55 Å². The van der Waals surface area contributed by atoms with Gasteiger partial charge in [0.1, 0.15) is 16.4 Å². The van der Waals surface area contributed by atoms with Crippen molar-refractivity contribution in [2.45, 2.75) is 30.6 Å². The lowest BCUT2D eigenvalue weighted by atomic mass is 9.83. The minimum Gasteiger partial charge on any atom is -0.493 e. The monoisotopic (exact) mass is 1010 g/mol. The first-order valence-electron chi connectivity index (χ1n) is 9.41. The van der Waals surface area contributed by atoms with E-state index in [1.54, 1.807) is 12.1 Å². The summed E-state index contributed by atoms with van der Waals surface area (Å²) in [5.74, 6) is 2.66. The third-order valence-corrected chi connectivity index (χ3v) is 10.7. The molecular formula is C20H19I5O5S. The second-order valence-electron chi connectivity index (χ2n) is 7.40. The Balaban J connectivity index is 1.49. The highest BCUT2D eigenvalue weighted by Gasteiger charge is 2.24. The van der Waals surface area contributed by atoms with Crippen molar-refractivity contribution in [3.8, 4) is 11.5 Å². The van der Waals surface area contributed by atoms with Crippen LogP contribution in [-0.4, -0.2) is 26.2 Å². The van der Waals surface area contributed by atoms with Crippen molar-refractivity contribution in [1.82, 2.24) is 0 Å². The SMILES string of the molecule is O=S(=O)(O)c1c(I)cc(OCC2CCC(COc3c(I)cc(I)cc3I)CC2)cc1I. The van der Waals surface area contributed by atoms with E-state index in [1.165, 1.54) is 3.57 Å². The molecule has 2 aromatic carbocycles. The quantitative estimate of drug-likeness (QED) is 0.235. The molecule has 0 saturated heterocycles. The molecule has 1 saturated carbocycles. The molecule has 0 heterocycles. The van der Waals surface area contributed by atoms with Crippen molar-refractivity contribution in [2.75, 3.05) is 13.2 Å². The Labute approximate surface area is 251 Å². The number of hydrogen-bond donors (Lipinski definition) is 1. The van der Waals surface area contributed by atoms with Crippen molar-refractivity contribution >= 4 is 123 Å². The maximum atomic E-state index is 11.5. The second kappa shape index (κ2) is 12.0. The van der Waals surface area contributed by atoms with Crippen LogP contribution in [0.2, 0.25) is 0 Å². The minimum absolute atomic E-state index is 0.0565. The normalized spacial score (nSPS) is 19.3. The summed E-state index contributed by atoms with van der Waals surface area (Å²) >= 11 is 10.8. The molecule has 1 aliphatic rings. The molecule has 2 aromatic rings. The van der Waals surface area contributed by atoms with Crippen LogP contribution in [0.5, 0.6) is 11.5 Å². The van der Waals surface area contributed by atoms with E-state index in [-0.39, 0.29) is 4.90 Å². The zero-order chi connectivity index (χ0) is 22.8. The van der Waals surface area contributed by atoms with Gasteiger partial charge >= 0.3 is 0 Å². The molecule has 1 fully saturated rings. The van der Waals surface area contributed by atoms with Gasteiger partial charge in [-0.1, -0.05) is 0 Å². The first-order valence-corrected chi connectivity index (χ1v) is 16.2. The van der Waals surface area contributed by atoms with Gasteiger partial charge in [-0.25, -0.2) is 0 Å². The predicted octanol–water partition coefficient (Wildman–Crippen LogP) is 7.22. The topological polar surface area (TPSA) is 72.8 Å². The Hall–Kier alpha value is 1.60. The van der Waals surface area contributed by atoms with Crippen LogP contribution < -0.4 is 9.47 Å². The van der Waals surface area contributed by atoms with E-state index in [2.05, 4.69) is 79.9 Å². The molecule has 11 heteroatoms. The molecule has 1 N–H and O–H groups in total. The summed E-state index contributed by atoms with van der Waals surface area (Å²) in [5, 5.41) is 0. The summed E-state index contributed by atoms with van der Waals surface area (Å²) < 4.78 is 49.0. The van der Waals surface area contributed by atoms with Crippen molar-refractivity contribution in [3.63, 3.8) is 0 Å². The molecule has 0 radical (unpaired) electrons.